The van der Waals surface area contributed by atoms with Crippen molar-refractivity contribution in [3.63, 3.8) is 0 Å². The highest BCUT2D eigenvalue weighted by molar-refractivity contribution is 6.35. The summed E-state index contributed by atoms with van der Waals surface area (Å²) in [6, 6.07) is 3.50. The van der Waals surface area contributed by atoms with Crippen LogP contribution < -0.4 is 5.32 Å². The van der Waals surface area contributed by atoms with Crippen molar-refractivity contribution in [1.29, 1.82) is 0 Å². The number of aromatic nitrogens is 3. The summed E-state index contributed by atoms with van der Waals surface area (Å²) in [5.41, 5.74) is 0.582. The van der Waals surface area contributed by atoms with Crippen LogP contribution >= 0.6 is 23.2 Å². The first-order valence-corrected chi connectivity index (χ1v) is 10.4. The van der Waals surface area contributed by atoms with Gasteiger partial charge in [-0.25, -0.2) is 4.98 Å². The van der Waals surface area contributed by atoms with Crippen LogP contribution in [0.4, 0.5) is 5.82 Å². The number of nitrogens with zero attached hydrogens (tertiary/aromatic N) is 3. The zero-order valence-corrected chi connectivity index (χ0v) is 16.7. The third kappa shape index (κ3) is 2.95. The third-order valence-electron chi connectivity index (χ3n) is 6.58. The fraction of sp³-hybridized carbons (Fsp3) is 0.550. The average molecular weight is 405 g/mol. The first kappa shape index (κ1) is 17.5. The predicted molar refractivity (Wildman–Crippen MR) is 105 cm³/mol. The Bertz CT molecular complexity index is 887. The van der Waals surface area contributed by atoms with Gasteiger partial charge in [0.1, 0.15) is 5.82 Å². The van der Waals surface area contributed by atoms with Gasteiger partial charge in [-0.2, -0.15) is 9.78 Å². The molecule has 142 valence electrons. The number of anilines is 1. The van der Waals surface area contributed by atoms with Crippen LogP contribution in [0, 0.1) is 30.1 Å². The Morgan fingerprint density at radius 3 is 2.37 bits per heavy atom. The van der Waals surface area contributed by atoms with Crippen LogP contribution in [0.3, 0.4) is 0 Å². The normalized spacial score (nSPS) is 31.3. The summed E-state index contributed by atoms with van der Waals surface area (Å²) in [5, 5.41) is 8.50. The van der Waals surface area contributed by atoms with Crippen molar-refractivity contribution < 1.29 is 4.79 Å². The molecule has 6 rings (SSSR count). The standard InChI is InChI=1S/C20H22Cl2N4O/c1-11-2-17(26(25-11)18-16(22)6-15(21)10-23-18)24-19(27)20-7-12-3-13(8-20)5-14(4-12)9-20/h2,6,10,12-14H,3-5,7-9H2,1H3,(H,24,27). The van der Waals surface area contributed by atoms with E-state index in [4.69, 9.17) is 23.2 Å². The monoisotopic (exact) mass is 404 g/mol. The van der Waals surface area contributed by atoms with Crippen LogP contribution in [-0.2, 0) is 4.79 Å². The van der Waals surface area contributed by atoms with Crippen LogP contribution in [0.15, 0.2) is 18.3 Å². The quantitative estimate of drug-likeness (QED) is 0.779. The van der Waals surface area contributed by atoms with Gasteiger partial charge in [0.2, 0.25) is 5.91 Å². The van der Waals surface area contributed by atoms with Gasteiger partial charge in [-0.1, -0.05) is 23.2 Å². The Hall–Kier alpha value is -1.59. The number of nitrogens with one attached hydrogen (secondary N) is 1. The Balaban J connectivity index is 1.46. The smallest absolute Gasteiger partial charge is 0.231 e. The van der Waals surface area contributed by atoms with Gasteiger partial charge in [0.15, 0.2) is 5.82 Å². The van der Waals surface area contributed by atoms with E-state index < -0.39 is 0 Å². The van der Waals surface area contributed by atoms with Crippen molar-refractivity contribution in [2.45, 2.75) is 45.4 Å². The van der Waals surface area contributed by atoms with Gasteiger partial charge in [0.25, 0.3) is 0 Å². The second-order valence-electron chi connectivity index (χ2n) is 8.69. The zero-order chi connectivity index (χ0) is 18.8. The number of amides is 1. The van der Waals surface area contributed by atoms with Crippen molar-refractivity contribution in [1.82, 2.24) is 14.8 Å². The SMILES string of the molecule is Cc1cc(NC(=O)C23CC4CC(CC(C4)C2)C3)n(-c2ncc(Cl)cc2Cl)n1. The van der Waals surface area contributed by atoms with Crippen LogP contribution in [-0.4, -0.2) is 20.7 Å². The highest BCUT2D eigenvalue weighted by atomic mass is 35.5. The summed E-state index contributed by atoms with van der Waals surface area (Å²) in [6.45, 7) is 1.89. The fourth-order valence-electron chi connectivity index (χ4n) is 5.95. The molecule has 0 saturated heterocycles. The lowest BCUT2D eigenvalue weighted by molar-refractivity contribution is -0.140. The van der Waals surface area contributed by atoms with Crippen LogP contribution in [0.1, 0.15) is 44.2 Å². The van der Waals surface area contributed by atoms with Gasteiger partial charge in [0.05, 0.1) is 21.2 Å². The van der Waals surface area contributed by atoms with Gasteiger partial charge in [-0.15, -0.1) is 0 Å². The molecule has 4 aliphatic carbocycles. The molecule has 4 saturated carbocycles. The van der Waals surface area contributed by atoms with E-state index in [0.717, 1.165) is 42.7 Å². The van der Waals surface area contributed by atoms with E-state index in [1.807, 2.05) is 13.0 Å². The number of aryl methyl sites for hydroxylation is 1. The molecular formula is C20H22Cl2N4O. The summed E-state index contributed by atoms with van der Waals surface area (Å²) < 4.78 is 1.60. The molecule has 4 bridgehead atoms. The molecule has 5 nitrogen and oxygen atoms in total. The number of pyridine rings is 1. The molecule has 4 fully saturated rings. The molecule has 2 aromatic rings. The fourth-order valence-corrected chi connectivity index (χ4v) is 6.41. The van der Waals surface area contributed by atoms with E-state index in [9.17, 15) is 4.79 Å². The highest BCUT2D eigenvalue weighted by Gasteiger charge is 2.54. The average Bonchev–Trinajstić information content (AvgIpc) is 2.93. The molecule has 1 N–H and O–H groups in total. The molecule has 0 spiro atoms. The second kappa shape index (κ2) is 6.21. The summed E-state index contributed by atoms with van der Waals surface area (Å²) in [5.74, 6) is 3.39. The molecule has 27 heavy (non-hydrogen) atoms. The van der Waals surface area contributed by atoms with Crippen LogP contribution in [0.5, 0.6) is 0 Å². The largest absolute Gasteiger partial charge is 0.310 e. The molecule has 0 unspecified atom stereocenters. The number of carbonyl (C=O) groups is 1. The molecule has 0 aromatic carbocycles. The van der Waals surface area contributed by atoms with E-state index in [2.05, 4.69) is 15.4 Å². The molecule has 4 aliphatic rings. The van der Waals surface area contributed by atoms with E-state index in [0.29, 0.717) is 21.7 Å². The maximum absolute atomic E-state index is 13.4. The summed E-state index contributed by atoms with van der Waals surface area (Å²) in [7, 11) is 0. The minimum absolute atomic E-state index is 0.132. The molecule has 1 amide bonds. The molecule has 0 atom stereocenters. The van der Waals surface area contributed by atoms with Gasteiger partial charge in [-0.05, 0) is 69.3 Å². The second-order valence-corrected chi connectivity index (χ2v) is 9.54. The van der Waals surface area contributed by atoms with Crippen LogP contribution in [0.25, 0.3) is 5.82 Å². The van der Waals surface area contributed by atoms with Crippen LogP contribution in [0.2, 0.25) is 10.0 Å². The minimum atomic E-state index is -0.213. The van der Waals surface area contributed by atoms with Crippen molar-refractivity contribution in [2.24, 2.45) is 23.2 Å². The maximum atomic E-state index is 13.4. The summed E-state index contributed by atoms with van der Waals surface area (Å²) in [4.78, 5) is 17.7. The van der Waals surface area contributed by atoms with Crippen molar-refractivity contribution in [3.8, 4) is 5.82 Å². The Morgan fingerprint density at radius 1 is 1.15 bits per heavy atom. The predicted octanol–water partition coefficient (Wildman–Crippen LogP) is 5.04. The molecule has 2 heterocycles. The van der Waals surface area contributed by atoms with Gasteiger partial charge < -0.3 is 5.32 Å². The first-order valence-electron chi connectivity index (χ1n) is 9.61. The van der Waals surface area contributed by atoms with Gasteiger partial charge in [-0.3, -0.25) is 4.79 Å². The third-order valence-corrected chi connectivity index (χ3v) is 7.07. The molecule has 0 radical (unpaired) electrons. The lowest BCUT2D eigenvalue weighted by atomic mass is 9.49. The number of hydrogen-bond acceptors (Lipinski definition) is 3. The van der Waals surface area contributed by atoms with E-state index >= 15 is 0 Å². The molecule has 0 aliphatic heterocycles. The van der Waals surface area contributed by atoms with Gasteiger partial charge in [0, 0.05) is 12.3 Å². The van der Waals surface area contributed by atoms with E-state index in [1.165, 1.54) is 25.5 Å². The zero-order valence-electron chi connectivity index (χ0n) is 15.2. The van der Waals surface area contributed by atoms with E-state index in [1.54, 1.807) is 10.7 Å². The number of hydrogen-bond donors (Lipinski definition) is 1. The van der Waals surface area contributed by atoms with Crippen molar-refractivity contribution in [3.05, 3.63) is 34.1 Å². The first-order chi connectivity index (χ1) is 12.9. The summed E-state index contributed by atoms with van der Waals surface area (Å²) >= 11 is 12.3. The van der Waals surface area contributed by atoms with Crippen molar-refractivity contribution in [2.75, 3.05) is 5.32 Å². The Morgan fingerprint density at radius 2 is 1.78 bits per heavy atom. The van der Waals surface area contributed by atoms with E-state index in [-0.39, 0.29) is 11.3 Å². The molecular weight excluding hydrogens is 383 g/mol. The molecule has 2 aromatic heterocycles. The Labute approximate surface area is 168 Å². The number of carbonyl (C=O) groups excluding carboxylic acids is 1. The van der Waals surface area contributed by atoms with Crippen molar-refractivity contribution >= 4 is 34.9 Å². The summed E-state index contributed by atoms with van der Waals surface area (Å²) in [6.07, 6.45) is 8.55. The topological polar surface area (TPSA) is 59.8 Å². The van der Waals surface area contributed by atoms with Gasteiger partial charge >= 0.3 is 0 Å². The Kier molecular flexibility index (Phi) is 4.03. The lowest BCUT2D eigenvalue weighted by Gasteiger charge is -2.55. The highest BCUT2D eigenvalue weighted by Crippen LogP contribution is 2.60. The lowest BCUT2D eigenvalue weighted by Crippen LogP contribution is -2.51. The minimum Gasteiger partial charge on any atom is -0.310 e. The molecule has 7 heteroatoms. The maximum Gasteiger partial charge on any atom is 0.231 e. The number of halogens is 2. The number of rotatable bonds is 3.